The Balaban J connectivity index is 2.67. The van der Waals surface area contributed by atoms with Crippen LogP contribution in [0, 0.1) is 5.92 Å². The van der Waals surface area contributed by atoms with E-state index < -0.39 is 14.0 Å². The lowest BCUT2D eigenvalue weighted by Crippen LogP contribution is -2.17. The van der Waals surface area contributed by atoms with Gasteiger partial charge in [0.25, 0.3) is 0 Å². The number of allylic oxidation sites excluding steroid dienone is 1. The number of fused-ring (bicyclic) bond motifs is 1. The van der Waals surface area contributed by atoms with Crippen LogP contribution in [0.3, 0.4) is 0 Å². The molecule has 1 aromatic carbocycles. The van der Waals surface area contributed by atoms with Crippen LogP contribution in [0.2, 0.25) is 0 Å². The van der Waals surface area contributed by atoms with Crippen LogP contribution >= 0.6 is 23.3 Å². The minimum absolute atomic E-state index is 0.126. The van der Waals surface area contributed by atoms with Crippen LogP contribution in [0.15, 0.2) is 34.1 Å². The third kappa shape index (κ3) is 1.83. The highest BCUT2D eigenvalue weighted by Gasteiger charge is 2.55. The molecule has 1 atom stereocenters. The molecule has 17 heavy (non-hydrogen) atoms. The fourth-order valence-corrected chi connectivity index (χ4v) is 6.68. The Bertz CT molecular complexity index is 479. The summed E-state index contributed by atoms with van der Waals surface area (Å²) in [4.78, 5) is 0.822. The monoisotopic (exact) mass is 324 g/mol. The largest absolute Gasteiger partial charge is 0.442 e. The van der Waals surface area contributed by atoms with Crippen molar-refractivity contribution in [3.63, 3.8) is 0 Å². The number of alkyl halides is 3. The summed E-state index contributed by atoms with van der Waals surface area (Å²) >= 11 is 3.02. The van der Waals surface area contributed by atoms with Crippen LogP contribution in [-0.4, -0.2) is 5.51 Å². The van der Waals surface area contributed by atoms with Gasteiger partial charge in [-0.2, -0.15) is 13.2 Å². The Labute approximate surface area is 107 Å². The molecule has 0 nitrogen and oxygen atoms in total. The Kier molecular flexibility index (Phi) is 3.11. The molecule has 1 aliphatic rings. The lowest BCUT2D eigenvalue weighted by atomic mass is 10.1. The molecule has 0 radical (unpaired) electrons. The van der Waals surface area contributed by atoms with E-state index in [2.05, 4.69) is 14.8 Å². The number of halogens is 4. The van der Waals surface area contributed by atoms with Gasteiger partial charge >= 0.3 is 5.51 Å². The quantitative estimate of drug-likeness (QED) is 0.622. The highest BCUT2D eigenvalue weighted by atomic mass is 79.9. The van der Waals surface area contributed by atoms with E-state index in [4.69, 9.17) is 0 Å². The maximum atomic E-state index is 13.4. The standard InChI is InChI=1S/C12H12BrF3S/c1-8(2)11-7-9-5-3-4-6-10(9)17(11,13)12(14,15)16/h3-8H,1-2H3. The first-order valence-corrected chi connectivity index (χ1v) is 8.66. The zero-order valence-electron chi connectivity index (χ0n) is 9.38. The molecule has 0 saturated carbocycles. The van der Waals surface area contributed by atoms with E-state index in [1.807, 2.05) is 0 Å². The molecule has 94 valence electrons. The van der Waals surface area contributed by atoms with Crippen molar-refractivity contribution in [3.8, 4) is 0 Å². The molecular formula is C12H12BrF3S. The molecule has 0 saturated heterocycles. The van der Waals surface area contributed by atoms with Gasteiger partial charge in [0.05, 0.1) is 0 Å². The zero-order valence-corrected chi connectivity index (χ0v) is 11.8. The van der Waals surface area contributed by atoms with Crippen LogP contribution in [0.4, 0.5) is 13.2 Å². The molecule has 2 rings (SSSR count). The summed E-state index contributed by atoms with van der Waals surface area (Å²) in [6.45, 7) is 3.60. The second-order valence-corrected chi connectivity index (χ2v) is 9.59. The van der Waals surface area contributed by atoms with Crippen molar-refractivity contribution in [1.29, 1.82) is 0 Å². The normalized spacial score (nSPS) is 27.6. The van der Waals surface area contributed by atoms with Gasteiger partial charge in [-0.05, 0) is 51.8 Å². The Morgan fingerprint density at radius 2 is 1.76 bits per heavy atom. The van der Waals surface area contributed by atoms with Crippen molar-refractivity contribution in [2.24, 2.45) is 5.92 Å². The van der Waals surface area contributed by atoms with Crippen LogP contribution in [0.25, 0.3) is 6.08 Å². The Morgan fingerprint density at radius 1 is 1.18 bits per heavy atom. The molecular weight excluding hydrogens is 313 g/mol. The molecule has 1 aliphatic heterocycles. The van der Waals surface area contributed by atoms with E-state index >= 15 is 0 Å². The SMILES string of the molecule is CC(C)C1=Cc2ccccc2S1(Br)C(F)(F)F. The first-order chi connectivity index (χ1) is 7.78. The summed E-state index contributed by atoms with van der Waals surface area (Å²) in [5, 5.41) is 0. The molecule has 0 aromatic heterocycles. The first kappa shape index (κ1) is 13.0. The summed E-state index contributed by atoms with van der Waals surface area (Å²) in [6, 6.07) is 6.73. The van der Waals surface area contributed by atoms with Gasteiger partial charge in [0, 0.05) is 4.90 Å². The zero-order chi connectivity index (χ0) is 12.8. The van der Waals surface area contributed by atoms with Gasteiger partial charge in [-0.1, -0.05) is 32.0 Å². The number of benzene rings is 1. The van der Waals surface area contributed by atoms with E-state index in [0.717, 1.165) is 0 Å². The van der Waals surface area contributed by atoms with E-state index in [9.17, 15) is 13.2 Å². The van der Waals surface area contributed by atoms with Crippen molar-refractivity contribution in [1.82, 2.24) is 0 Å². The van der Waals surface area contributed by atoms with Gasteiger partial charge in [0.15, 0.2) is 0 Å². The highest BCUT2D eigenvalue weighted by molar-refractivity contribution is 9.59. The van der Waals surface area contributed by atoms with Crippen LogP contribution < -0.4 is 0 Å². The summed E-state index contributed by atoms with van der Waals surface area (Å²) in [5.74, 6) is -0.126. The van der Waals surface area contributed by atoms with Crippen LogP contribution in [0.5, 0.6) is 0 Å². The molecule has 1 aromatic rings. The minimum Gasteiger partial charge on any atom is -0.160 e. The summed E-state index contributed by atoms with van der Waals surface area (Å²) < 4.78 is 40.2. The lowest BCUT2D eigenvalue weighted by Gasteiger charge is -2.36. The molecule has 5 heteroatoms. The van der Waals surface area contributed by atoms with E-state index in [1.54, 1.807) is 44.2 Å². The second-order valence-electron chi connectivity index (χ2n) is 4.22. The Morgan fingerprint density at radius 3 is 2.29 bits per heavy atom. The average Bonchev–Trinajstić information content (AvgIpc) is 2.54. The summed E-state index contributed by atoms with van der Waals surface area (Å²) in [5.41, 5.74) is -3.57. The van der Waals surface area contributed by atoms with Crippen molar-refractivity contribution < 1.29 is 13.2 Å². The van der Waals surface area contributed by atoms with Gasteiger partial charge in [0.2, 0.25) is 0 Å². The maximum absolute atomic E-state index is 13.4. The lowest BCUT2D eigenvalue weighted by molar-refractivity contribution is -0.0356. The van der Waals surface area contributed by atoms with Crippen LogP contribution in [-0.2, 0) is 0 Å². The fraction of sp³-hybridized carbons (Fsp3) is 0.333. The predicted molar refractivity (Wildman–Crippen MR) is 70.1 cm³/mol. The molecule has 0 fully saturated rings. The van der Waals surface area contributed by atoms with E-state index in [0.29, 0.717) is 15.4 Å². The molecule has 0 N–H and O–H groups in total. The minimum atomic E-state index is -4.25. The molecule has 0 bridgehead atoms. The van der Waals surface area contributed by atoms with Gasteiger partial charge in [-0.25, -0.2) is 0 Å². The van der Waals surface area contributed by atoms with Crippen molar-refractivity contribution in [2.75, 3.05) is 0 Å². The first-order valence-electron chi connectivity index (χ1n) is 5.18. The molecule has 0 amide bonds. The summed E-state index contributed by atoms with van der Waals surface area (Å²) in [6.07, 6.45) is 1.68. The second kappa shape index (κ2) is 4.05. The van der Waals surface area contributed by atoms with Gasteiger partial charge in [-0.3, -0.25) is 0 Å². The topological polar surface area (TPSA) is 0 Å². The molecule has 0 aliphatic carbocycles. The predicted octanol–water partition coefficient (Wildman–Crippen LogP) is 5.69. The average molecular weight is 325 g/mol. The molecule has 1 heterocycles. The van der Waals surface area contributed by atoms with Crippen molar-refractivity contribution in [3.05, 3.63) is 34.7 Å². The third-order valence-electron chi connectivity index (χ3n) is 2.73. The van der Waals surface area contributed by atoms with Gasteiger partial charge < -0.3 is 0 Å². The van der Waals surface area contributed by atoms with E-state index in [1.165, 1.54) is 0 Å². The maximum Gasteiger partial charge on any atom is 0.442 e. The highest BCUT2D eigenvalue weighted by Crippen LogP contribution is 2.82. The van der Waals surface area contributed by atoms with Gasteiger partial charge in [-0.15, -0.1) is 0 Å². The smallest absolute Gasteiger partial charge is 0.160 e. The molecule has 1 unspecified atom stereocenters. The van der Waals surface area contributed by atoms with Crippen LogP contribution in [0.1, 0.15) is 19.4 Å². The Hall–Kier alpha value is -0.420. The van der Waals surface area contributed by atoms with Crippen molar-refractivity contribution >= 4 is 29.4 Å². The fourth-order valence-electron chi connectivity index (χ4n) is 1.97. The number of rotatable bonds is 1. The number of hydrogen-bond acceptors (Lipinski definition) is 0. The van der Waals surface area contributed by atoms with E-state index in [-0.39, 0.29) is 5.92 Å². The van der Waals surface area contributed by atoms with Gasteiger partial charge in [0.1, 0.15) is 0 Å². The third-order valence-corrected chi connectivity index (χ3v) is 8.86. The molecule has 0 spiro atoms. The van der Waals surface area contributed by atoms with Crippen molar-refractivity contribution in [2.45, 2.75) is 24.3 Å². The summed E-state index contributed by atoms with van der Waals surface area (Å²) in [7, 11) is -3.05. The number of hydrogen-bond donors (Lipinski definition) is 0.